The molecule has 1 unspecified atom stereocenters. The summed E-state index contributed by atoms with van der Waals surface area (Å²) in [6.45, 7) is 0. The molecule has 3 heterocycles. The van der Waals surface area contributed by atoms with Crippen molar-refractivity contribution in [2.24, 2.45) is 9.98 Å². The van der Waals surface area contributed by atoms with Gasteiger partial charge in [0.1, 0.15) is 22.3 Å². The SMILES string of the molecule is c1ccc(C2=NC(c3cccc(-c4cccc(-c5cc6oc7ccccc7c6c6c5ccc5c7ccccc7oc56)c4)c3)=NC(c3ccccc3)[N-]2)cc1. The highest BCUT2D eigenvalue weighted by molar-refractivity contribution is 6.30. The van der Waals surface area contributed by atoms with Crippen LogP contribution in [0, 0.1) is 0 Å². The topological polar surface area (TPSA) is 65.1 Å². The number of fused-ring (bicyclic) bond motifs is 9. The normalized spacial score (nSPS) is 14.5. The molecule has 0 bridgehead atoms. The van der Waals surface area contributed by atoms with Crippen molar-refractivity contribution < 1.29 is 8.83 Å². The molecule has 1 aliphatic heterocycles. The summed E-state index contributed by atoms with van der Waals surface area (Å²) in [4.78, 5) is 10.1. The molecule has 2 aromatic heterocycles. The van der Waals surface area contributed by atoms with Gasteiger partial charge in [-0.2, -0.15) is 0 Å². The van der Waals surface area contributed by atoms with Crippen LogP contribution < -0.4 is 0 Å². The number of rotatable bonds is 5. The van der Waals surface area contributed by atoms with E-state index in [0.29, 0.717) is 11.7 Å². The third-order valence-corrected chi connectivity index (χ3v) is 10.4. The minimum absolute atomic E-state index is 0.388. The van der Waals surface area contributed by atoms with Crippen LogP contribution in [0.2, 0.25) is 0 Å². The molecule has 254 valence electrons. The molecule has 0 aliphatic carbocycles. The fourth-order valence-electron chi connectivity index (χ4n) is 7.90. The van der Waals surface area contributed by atoms with Crippen LogP contribution in [0.5, 0.6) is 0 Å². The van der Waals surface area contributed by atoms with E-state index >= 15 is 0 Å². The first-order valence-electron chi connectivity index (χ1n) is 18.1. The third kappa shape index (κ3) is 4.94. The van der Waals surface area contributed by atoms with Crippen LogP contribution in [-0.2, 0) is 0 Å². The van der Waals surface area contributed by atoms with Crippen LogP contribution in [0.1, 0.15) is 22.9 Å². The summed E-state index contributed by atoms with van der Waals surface area (Å²) in [5, 5.41) is 11.5. The summed E-state index contributed by atoms with van der Waals surface area (Å²) in [6, 6.07) is 60.6. The highest BCUT2D eigenvalue weighted by atomic mass is 16.3. The van der Waals surface area contributed by atoms with E-state index in [2.05, 4.69) is 103 Å². The number of furan rings is 2. The smallest absolute Gasteiger partial charge is 0.144 e. The van der Waals surface area contributed by atoms with Crippen LogP contribution in [0.15, 0.2) is 195 Å². The van der Waals surface area contributed by atoms with E-state index in [9.17, 15) is 0 Å². The van der Waals surface area contributed by atoms with Gasteiger partial charge in [0.25, 0.3) is 0 Å². The number of amidine groups is 2. The molecule has 8 aromatic carbocycles. The van der Waals surface area contributed by atoms with Gasteiger partial charge < -0.3 is 19.1 Å². The summed E-state index contributed by atoms with van der Waals surface area (Å²) >= 11 is 0. The average Bonchev–Trinajstić information content (AvgIpc) is 3.82. The van der Waals surface area contributed by atoms with E-state index in [1.807, 2.05) is 72.8 Å². The van der Waals surface area contributed by atoms with Gasteiger partial charge in [0.15, 0.2) is 0 Å². The van der Waals surface area contributed by atoms with Crippen molar-refractivity contribution in [1.82, 2.24) is 0 Å². The Morgan fingerprint density at radius 2 is 1.04 bits per heavy atom. The highest BCUT2D eigenvalue weighted by Gasteiger charge is 2.20. The van der Waals surface area contributed by atoms with E-state index in [1.54, 1.807) is 0 Å². The fraction of sp³-hybridized carbons (Fsp3) is 0.0204. The lowest BCUT2D eigenvalue weighted by atomic mass is 9.92. The summed E-state index contributed by atoms with van der Waals surface area (Å²) < 4.78 is 13.2. The van der Waals surface area contributed by atoms with Crippen LogP contribution in [0.3, 0.4) is 0 Å². The summed E-state index contributed by atoms with van der Waals surface area (Å²) in [7, 11) is 0. The molecule has 1 atom stereocenters. The molecular formula is C49H30N3O2-. The standard InChI is InChI=1S/C49H30N3O2/c1-3-13-30(14-4-1)47-50-48(31-15-5-2-6-16-31)52-49(51-47)35-20-12-18-33(28-35)32-17-11-19-34(27-32)40-29-43-44(39-22-8-10-24-42(39)53-43)45-37(40)25-26-38-36-21-7-9-23-41(36)54-46(38)45/h1-29,47H/q-1. The van der Waals surface area contributed by atoms with Gasteiger partial charge in [-0.15, -0.1) is 0 Å². The number of hydrogen-bond acceptors (Lipinski definition) is 4. The Balaban J connectivity index is 1.06. The first kappa shape index (κ1) is 30.4. The Kier molecular flexibility index (Phi) is 6.85. The molecule has 10 aromatic rings. The van der Waals surface area contributed by atoms with Gasteiger partial charge in [0.05, 0.1) is 12.0 Å². The second kappa shape index (κ2) is 12.2. The molecule has 0 spiro atoms. The minimum atomic E-state index is -0.388. The maximum absolute atomic E-state index is 6.65. The van der Waals surface area contributed by atoms with E-state index in [1.165, 1.54) is 0 Å². The molecule has 0 saturated carbocycles. The largest absolute Gasteiger partial charge is 0.456 e. The van der Waals surface area contributed by atoms with Crippen molar-refractivity contribution in [2.45, 2.75) is 6.17 Å². The number of aliphatic imine (C=N–C) groups is 2. The van der Waals surface area contributed by atoms with Gasteiger partial charge in [0.2, 0.25) is 0 Å². The first-order chi connectivity index (χ1) is 26.7. The number of para-hydroxylation sites is 2. The molecule has 5 nitrogen and oxygen atoms in total. The fourth-order valence-corrected chi connectivity index (χ4v) is 7.90. The quantitative estimate of drug-likeness (QED) is 0.180. The first-order valence-corrected chi connectivity index (χ1v) is 18.1. The molecule has 11 rings (SSSR count). The summed E-state index contributed by atoms with van der Waals surface area (Å²) in [5.74, 6) is 1.33. The average molecular weight is 693 g/mol. The zero-order valence-corrected chi connectivity index (χ0v) is 29.0. The van der Waals surface area contributed by atoms with Gasteiger partial charge >= 0.3 is 0 Å². The minimum Gasteiger partial charge on any atom is -0.456 e. The maximum atomic E-state index is 6.65. The molecule has 0 radical (unpaired) electrons. The van der Waals surface area contributed by atoms with Crippen molar-refractivity contribution in [3.63, 3.8) is 0 Å². The van der Waals surface area contributed by atoms with Gasteiger partial charge in [-0.05, 0) is 80.7 Å². The van der Waals surface area contributed by atoms with E-state index < -0.39 is 0 Å². The Morgan fingerprint density at radius 1 is 0.426 bits per heavy atom. The highest BCUT2D eigenvalue weighted by Crippen LogP contribution is 2.45. The van der Waals surface area contributed by atoms with Gasteiger partial charge in [-0.1, -0.05) is 145 Å². The molecule has 5 heteroatoms. The second-order valence-corrected chi connectivity index (χ2v) is 13.7. The van der Waals surface area contributed by atoms with Crippen LogP contribution in [0.4, 0.5) is 0 Å². The third-order valence-electron chi connectivity index (χ3n) is 10.4. The van der Waals surface area contributed by atoms with Crippen molar-refractivity contribution in [3.05, 3.63) is 198 Å². The number of hydrogen-bond donors (Lipinski definition) is 0. The number of nitrogens with zero attached hydrogens (tertiary/aromatic N) is 3. The molecule has 0 N–H and O–H groups in total. The van der Waals surface area contributed by atoms with Crippen molar-refractivity contribution in [2.75, 3.05) is 0 Å². The number of benzene rings is 8. The Bertz CT molecular complexity index is 3140. The molecule has 0 saturated heterocycles. The van der Waals surface area contributed by atoms with Crippen molar-refractivity contribution in [1.29, 1.82) is 0 Å². The van der Waals surface area contributed by atoms with E-state index in [0.717, 1.165) is 93.6 Å². The van der Waals surface area contributed by atoms with Crippen LogP contribution >= 0.6 is 0 Å². The predicted molar refractivity (Wildman–Crippen MR) is 221 cm³/mol. The molecule has 1 aliphatic rings. The van der Waals surface area contributed by atoms with Gasteiger partial charge in [-0.25, -0.2) is 0 Å². The van der Waals surface area contributed by atoms with E-state index in [-0.39, 0.29) is 6.17 Å². The lowest BCUT2D eigenvalue weighted by Gasteiger charge is -2.32. The lowest BCUT2D eigenvalue weighted by Crippen LogP contribution is -2.15. The molecular weight excluding hydrogens is 663 g/mol. The zero-order valence-electron chi connectivity index (χ0n) is 29.0. The van der Waals surface area contributed by atoms with Gasteiger partial charge in [0, 0.05) is 26.9 Å². The Hall–Kier alpha value is -7.24. The Labute approximate surface area is 310 Å². The summed E-state index contributed by atoms with van der Waals surface area (Å²) in [6.07, 6.45) is -0.388. The predicted octanol–water partition coefficient (Wildman–Crippen LogP) is 13.3. The monoisotopic (exact) mass is 692 g/mol. The Morgan fingerprint density at radius 3 is 1.83 bits per heavy atom. The molecule has 0 fully saturated rings. The second-order valence-electron chi connectivity index (χ2n) is 13.7. The van der Waals surface area contributed by atoms with Crippen molar-refractivity contribution >= 4 is 66.3 Å². The lowest BCUT2D eigenvalue weighted by molar-refractivity contribution is 0.668. The molecule has 54 heavy (non-hydrogen) atoms. The molecule has 0 amide bonds. The van der Waals surface area contributed by atoms with Crippen LogP contribution in [-0.4, -0.2) is 11.7 Å². The van der Waals surface area contributed by atoms with Crippen molar-refractivity contribution in [3.8, 4) is 22.3 Å². The summed E-state index contributed by atoms with van der Waals surface area (Å²) in [5.41, 5.74) is 10.7. The van der Waals surface area contributed by atoms with Gasteiger partial charge in [-0.3, -0.25) is 4.99 Å². The zero-order chi connectivity index (χ0) is 35.6. The van der Waals surface area contributed by atoms with Crippen LogP contribution in [0.25, 0.3) is 82.2 Å². The van der Waals surface area contributed by atoms with E-state index in [4.69, 9.17) is 24.1 Å². The maximum Gasteiger partial charge on any atom is 0.144 e.